The third-order valence-electron chi connectivity index (χ3n) is 4.68. The van der Waals surface area contributed by atoms with Crippen molar-refractivity contribution < 1.29 is 9.90 Å². The molecule has 4 nitrogen and oxygen atoms in total. The molecule has 0 aromatic heterocycles. The number of aromatic carboxylic acids is 1. The zero-order chi connectivity index (χ0) is 14.3. The van der Waals surface area contributed by atoms with E-state index in [1.54, 1.807) is 18.2 Å². The van der Waals surface area contributed by atoms with Crippen LogP contribution in [-0.2, 0) is 0 Å². The van der Waals surface area contributed by atoms with E-state index in [-0.39, 0.29) is 0 Å². The molecule has 2 aliphatic rings. The summed E-state index contributed by atoms with van der Waals surface area (Å²) in [6.07, 6.45) is 3.51. The molecule has 2 unspecified atom stereocenters. The van der Waals surface area contributed by atoms with Crippen molar-refractivity contribution in [3.05, 3.63) is 28.8 Å². The van der Waals surface area contributed by atoms with Gasteiger partial charge in [-0.1, -0.05) is 17.7 Å². The number of hydrogen-bond donors (Lipinski definition) is 1. The summed E-state index contributed by atoms with van der Waals surface area (Å²) >= 11 is 6.28. The fraction of sp³-hybridized carbons (Fsp3) is 0.533. The van der Waals surface area contributed by atoms with Crippen molar-refractivity contribution >= 4 is 23.3 Å². The molecule has 1 aromatic carbocycles. The van der Waals surface area contributed by atoms with E-state index in [0.29, 0.717) is 28.4 Å². The van der Waals surface area contributed by atoms with E-state index in [1.807, 2.05) is 0 Å². The van der Waals surface area contributed by atoms with Gasteiger partial charge < -0.3 is 10.0 Å². The minimum Gasteiger partial charge on any atom is -0.478 e. The van der Waals surface area contributed by atoms with Crippen LogP contribution in [0.25, 0.3) is 0 Å². The first-order valence-electron chi connectivity index (χ1n) is 7.06. The Bertz CT molecular complexity index is 535. The van der Waals surface area contributed by atoms with Gasteiger partial charge in [0, 0.05) is 25.2 Å². The number of para-hydroxylation sites is 1. The zero-order valence-corrected chi connectivity index (χ0v) is 12.3. The Morgan fingerprint density at radius 2 is 2.05 bits per heavy atom. The Labute approximate surface area is 123 Å². The maximum atomic E-state index is 11.4. The molecule has 2 fully saturated rings. The van der Waals surface area contributed by atoms with Crippen LogP contribution >= 0.6 is 11.6 Å². The zero-order valence-electron chi connectivity index (χ0n) is 11.6. The van der Waals surface area contributed by atoms with Crippen molar-refractivity contribution in [3.8, 4) is 0 Å². The Hall–Kier alpha value is -1.26. The molecule has 0 saturated carbocycles. The lowest BCUT2D eigenvalue weighted by atomic mass is 10.1. The fourth-order valence-electron chi connectivity index (χ4n) is 3.52. The first-order chi connectivity index (χ1) is 9.58. The fourth-order valence-corrected chi connectivity index (χ4v) is 3.82. The Balaban J connectivity index is 1.95. The van der Waals surface area contributed by atoms with Crippen LogP contribution in [0.3, 0.4) is 0 Å². The predicted molar refractivity (Wildman–Crippen MR) is 79.8 cm³/mol. The molecule has 0 amide bonds. The maximum Gasteiger partial charge on any atom is 0.337 e. The highest BCUT2D eigenvalue weighted by Gasteiger charge is 2.35. The number of anilines is 1. The minimum atomic E-state index is -0.912. The number of carboxylic acid groups (broad SMARTS) is 1. The Morgan fingerprint density at radius 1 is 1.30 bits per heavy atom. The lowest BCUT2D eigenvalue weighted by molar-refractivity contribution is 0.0697. The number of carbonyl (C=O) groups is 1. The molecule has 5 heteroatoms. The van der Waals surface area contributed by atoms with Crippen LogP contribution in [0.1, 0.15) is 29.6 Å². The second-order valence-corrected chi connectivity index (χ2v) is 6.13. The van der Waals surface area contributed by atoms with E-state index in [4.69, 9.17) is 11.6 Å². The standard InChI is InChI=1S/C15H19ClN2O2/c1-17-10-5-6-11(17)9-18(8-7-10)14-12(15(19)20)3-2-4-13(14)16/h2-4,10-11H,5-9H2,1H3,(H,19,20). The van der Waals surface area contributed by atoms with Crippen molar-refractivity contribution in [1.82, 2.24) is 4.90 Å². The van der Waals surface area contributed by atoms with Gasteiger partial charge in [0.2, 0.25) is 0 Å². The van der Waals surface area contributed by atoms with Crippen molar-refractivity contribution in [2.45, 2.75) is 31.3 Å². The number of hydrogen-bond acceptors (Lipinski definition) is 3. The summed E-state index contributed by atoms with van der Waals surface area (Å²) in [5.74, 6) is -0.912. The van der Waals surface area contributed by atoms with Crippen LogP contribution in [0, 0.1) is 0 Å². The SMILES string of the molecule is CN1C2CCC1CN(c1c(Cl)cccc1C(=O)O)CC2. The smallest absolute Gasteiger partial charge is 0.337 e. The number of rotatable bonds is 2. The van der Waals surface area contributed by atoms with E-state index in [1.165, 1.54) is 12.8 Å². The number of benzene rings is 1. The largest absolute Gasteiger partial charge is 0.478 e. The number of nitrogens with zero attached hydrogens (tertiary/aromatic N) is 2. The van der Waals surface area contributed by atoms with Crippen LogP contribution < -0.4 is 4.90 Å². The monoisotopic (exact) mass is 294 g/mol. The molecule has 3 rings (SSSR count). The second-order valence-electron chi connectivity index (χ2n) is 5.73. The van der Waals surface area contributed by atoms with E-state index in [2.05, 4.69) is 16.8 Å². The first kappa shape index (κ1) is 13.7. The molecule has 0 spiro atoms. The van der Waals surface area contributed by atoms with Gasteiger partial charge in [-0.25, -0.2) is 4.79 Å². The van der Waals surface area contributed by atoms with Crippen LogP contribution in [0.15, 0.2) is 18.2 Å². The molecule has 108 valence electrons. The van der Waals surface area contributed by atoms with E-state index < -0.39 is 5.97 Å². The highest BCUT2D eigenvalue weighted by molar-refractivity contribution is 6.34. The second kappa shape index (κ2) is 5.26. The third kappa shape index (κ3) is 2.27. The summed E-state index contributed by atoms with van der Waals surface area (Å²) in [7, 11) is 2.18. The number of carboxylic acids is 1. The molecular weight excluding hydrogens is 276 g/mol. The van der Waals surface area contributed by atoms with Crippen LogP contribution in [0.2, 0.25) is 5.02 Å². The van der Waals surface area contributed by atoms with E-state index >= 15 is 0 Å². The molecule has 0 aliphatic carbocycles. The van der Waals surface area contributed by atoms with E-state index in [9.17, 15) is 9.90 Å². The van der Waals surface area contributed by atoms with Crippen molar-refractivity contribution in [2.24, 2.45) is 0 Å². The summed E-state index contributed by atoms with van der Waals surface area (Å²) in [5.41, 5.74) is 0.987. The Morgan fingerprint density at radius 3 is 2.80 bits per heavy atom. The maximum absolute atomic E-state index is 11.4. The van der Waals surface area contributed by atoms with E-state index in [0.717, 1.165) is 19.5 Å². The van der Waals surface area contributed by atoms with Gasteiger partial charge in [0.15, 0.2) is 0 Å². The van der Waals surface area contributed by atoms with Gasteiger partial charge in [0.05, 0.1) is 16.3 Å². The quantitative estimate of drug-likeness (QED) is 0.911. The van der Waals surface area contributed by atoms with Crippen molar-refractivity contribution in [2.75, 3.05) is 25.0 Å². The summed E-state index contributed by atoms with van der Waals surface area (Å²) in [6.45, 7) is 1.73. The number of likely N-dealkylation sites (N-methyl/N-ethyl adjacent to an activating group) is 1. The molecule has 1 aromatic rings. The summed E-state index contributed by atoms with van der Waals surface area (Å²) in [5, 5.41) is 9.91. The van der Waals surface area contributed by atoms with Crippen molar-refractivity contribution in [1.29, 1.82) is 0 Å². The summed E-state index contributed by atoms with van der Waals surface area (Å²) in [4.78, 5) is 16.0. The lowest BCUT2D eigenvalue weighted by Crippen LogP contribution is -2.37. The van der Waals surface area contributed by atoms with Crippen LogP contribution in [0.5, 0.6) is 0 Å². The van der Waals surface area contributed by atoms with Gasteiger partial charge in [0.1, 0.15) is 0 Å². The van der Waals surface area contributed by atoms with Gasteiger partial charge in [0.25, 0.3) is 0 Å². The van der Waals surface area contributed by atoms with Crippen LogP contribution in [0.4, 0.5) is 5.69 Å². The molecule has 0 radical (unpaired) electrons. The van der Waals surface area contributed by atoms with Gasteiger partial charge in [-0.15, -0.1) is 0 Å². The topological polar surface area (TPSA) is 43.8 Å². The lowest BCUT2D eigenvalue weighted by Gasteiger charge is -2.29. The normalized spacial score (nSPS) is 26.6. The molecule has 2 heterocycles. The first-order valence-corrected chi connectivity index (χ1v) is 7.44. The minimum absolute atomic E-state index is 0.304. The average molecular weight is 295 g/mol. The third-order valence-corrected chi connectivity index (χ3v) is 4.99. The molecule has 2 saturated heterocycles. The molecule has 2 aliphatic heterocycles. The highest BCUT2D eigenvalue weighted by atomic mass is 35.5. The number of fused-ring (bicyclic) bond motifs is 2. The average Bonchev–Trinajstić information content (AvgIpc) is 2.64. The number of halogens is 1. The molecule has 20 heavy (non-hydrogen) atoms. The van der Waals surface area contributed by atoms with Crippen LogP contribution in [-0.4, -0.2) is 48.2 Å². The van der Waals surface area contributed by atoms with Gasteiger partial charge in [-0.2, -0.15) is 0 Å². The summed E-state index contributed by atoms with van der Waals surface area (Å²) in [6, 6.07) is 6.24. The molecule has 1 N–H and O–H groups in total. The molecule has 2 bridgehead atoms. The highest BCUT2D eigenvalue weighted by Crippen LogP contribution is 2.35. The predicted octanol–water partition coefficient (Wildman–Crippen LogP) is 2.71. The molecular formula is C15H19ClN2O2. The Kier molecular flexibility index (Phi) is 3.61. The van der Waals surface area contributed by atoms with Gasteiger partial charge in [-0.05, 0) is 38.4 Å². The van der Waals surface area contributed by atoms with Gasteiger partial charge >= 0.3 is 5.97 Å². The van der Waals surface area contributed by atoms with Crippen molar-refractivity contribution in [3.63, 3.8) is 0 Å². The van der Waals surface area contributed by atoms with Gasteiger partial charge in [-0.3, -0.25) is 4.90 Å². The molecule has 2 atom stereocenters. The summed E-state index contributed by atoms with van der Waals surface area (Å²) < 4.78 is 0.